The third-order valence-corrected chi connectivity index (χ3v) is 6.64. The van der Waals surface area contributed by atoms with Gasteiger partial charge in [-0.2, -0.15) is 0 Å². The molecule has 0 fully saturated rings. The Hall–Kier alpha value is -3.58. The van der Waals surface area contributed by atoms with Gasteiger partial charge in [-0.15, -0.1) is 0 Å². The van der Waals surface area contributed by atoms with Crippen molar-refractivity contribution in [2.45, 2.75) is 33.4 Å². The first-order valence-corrected chi connectivity index (χ1v) is 12.0. The highest BCUT2D eigenvalue weighted by atomic mass is 16.5. The predicted molar refractivity (Wildman–Crippen MR) is 138 cm³/mol. The smallest absolute Gasteiger partial charge is 0.322 e. The average molecular weight is 475 g/mol. The quantitative estimate of drug-likeness (QED) is 0.547. The van der Waals surface area contributed by atoms with Crippen molar-refractivity contribution in [3.8, 4) is 0 Å². The lowest BCUT2D eigenvalue weighted by Crippen LogP contribution is -2.49. The van der Waals surface area contributed by atoms with Crippen LogP contribution >= 0.6 is 0 Å². The molecule has 1 aliphatic rings. The Morgan fingerprint density at radius 3 is 2.40 bits per heavy atom. The van der Waals surface area contributed by atoms with Crippen LogP contribution in [0, 0.1) is 20.8 Å². The largest absolute Gasteiger partial charge is 0.383 e. The van der Waals surface area contributed by atoms with Crippen LogP contribution in [0.5, 0.6) is 0 Å². The molecule has 1 aromatic heterocycles. The van der Waals surface area contributed by atoms with Crippen LogP contribution < -0.4 is 5.32 Å². The van der Waals surface area contributed by atoms with Crippen LogP contribution in [-0.4, -0.2) is 59.7 Å². The van der Waals surface area contributed by atoms with Crippen LogP contribution in [0.15, 0.2) is 60.8 Å². The fourth-order valence-electron chi connectivity index (χ4n) is 4.66. The molecule has 0 bridgehead atoms. The fourth-order valence-corrected chi connectivity index (χ4v) is 4.66. The maximum Gasteiger partial charge on any atom is 0.322 e. The molecule has 1 unspecified atom stereocenters. The summed E-state index contributed by atoms with van der Waals surface area (Å²) in [6.45, 7) is 7.92. The zero-order valence-corrected chi connectivity index (χ0v) is 21.0. The summed E-state index contributed by atoms with van der Waals surface area (Å²) in [5, 5.41) is 3.01. The number of ether oxygens (including phenoxy) is 1. The van der Waals surface area contributed by atoms with Gasteiger partial charge in [-0.25, -0.2) is 4.79 Å². The number of fused-ring (bicyclic) bond motifs is 1. The number of amides is 3. The summed E-state index contributed by atoms with van der Waals surface area (Å²) in [7, 11) is 1.59. The number of nitrogens with one attached hydrogen (secondary N) is 1. The molecule has 2 aromatic carbocycles. The van der Waals surface area contributed by atoms with E-state index in [1.54, 1.807) is 7.11 Å². The lowest BCUT2D eigenvalue weighted by Gasteiger charge is -2.38. The van der Waals surface area contributed by atoms with Crippen LogP contribution in [0.25, 0.3) is 0 Å². The van der Waals surface area contributed by atoms with Gasteiger partial charge in [-0.3, -0.25) is 4.79 Å². The van der Waals surface area contributed by atoms with E-state index >= 15 is 0 Å². The molecule has 1 aliphatic heterocycles. The molecule has 0 aliphatic carbocycles. The summed E-state index contributed by atoms with van der Waals surface area (Å²) in [6.07, 6.45) is 2.06. The molecule has 1 N–H and O–H groups in total. The molecular formula is C28H34N4O3. The second kappa shape index (κ2) is 10.8. The fraction of sp³-hybridized carbons (Fsp3) is 0.357. The minimum absolute atomic E-state index is 0.0246. The van der Waals surface area contributed by atoms with Crippen molar-refractivity contribution in [3.63, 3.8) is 0 Å². The van der Waals surface area contributed by atoms with E-state index in [4.69, 9.17) is 4.74 Å². The van der Waals surface area contributed by atoms with E-state index in [-0.39, 0.29) is 24.5 Å². The van der Waals surface area contributed by atoms with Crippen molar-refractivity contribution in [1.82, 2.24) is 14.4 Å². The number of rotatable bonds is 7. The van der Waals surface area contributed by atoms with Gasteiger partial charge in [0.05, 0.1) is 12.6 Å². The van der Waals surface area contributed by atoms with E-state index in [0.717, 1.165) is 34.6 Å². The van der Waals surface area contributed by atoms with Gasteiger partial charge < -0.3 is 24.4 Å². The van der Waals surface area contributed by atoms with Gasteiger partial charge in [-0.1, -0.05) is 48.0 Å². The number of para-hydroxylation sites is 1. The van der Waals surface area contributed by atoms with Crippen LogP contribution in [0.3, 0.4) is 0 Å². The molecule has 2 heterocycles. The Morgan fingerprint density at radius 2 is 1.71 bits per heavy atom. The highest BCUT2D eigenvalue weighted by Gasteiger charge is 2.33. The van der Waals surface area contributed by atoms with Crippen LogP contribution in [-0.2, 0) is 16.1 Å². The van der Waals surface area contributed by atoms with E-state index in [2.05, 4.69) is 53.3 Å². The Kier molecular flexibility index (Phi) is 7.56. The number of benzene rings is 2. The summed E-state index contributed by atoms with van der Waals surface area (Å²) < 4.78 is 7.43. The zero-order valence-electron chi connectivity index (χ0n) is 21.0. The van der Waals surface area contributed by atoms with Crippen LogP contribution in [0.2, 0.25) is 0 Å². The summed E-state index contributed by atoms with van der Waals surface area (Å²) in [4.78, 5) is 30.4. The number of carbonyl (C=O) groups excluding carboxylic acids is 2. The van der Waals surface area contributed by atoms with Crippen LogP contribution in [0.4, 0.5) is 10.5 Å². The van der Waals surface area contributed by atoms with E-state index < -0.39 is 0 Å². The second-order valence-electron chi connectivity index (χ2n) is 9.14. The Bertz CT molecular complexity index is 1160. The van der Waals surface area contributed by atoms with Crippen molar-refractivity contribution in [1.29, 1.82) is 0 Å². The lowest BCUT2D eigenvalue weighted by atomic mass is 9.98. The monoisotopic (exact) mass is 474 g/mol. The van der Waals surface area contributed by atoms with Crippen molar-refractivity contribution < 1.29 is 14.3 Å². The lowest BCUT2D eigenvalue weighted by molar-refractivity contribution is -0.134. The van der Waals surface area contributed by atoms with Gasteiger partial charge in [0, 0.05) is 44.3 Å². The predicted octanol–water partition coefficient (Wildman–Crippen LogP) is 4.53. The molecule has 3 amide bonds. The maximum absolute atomic E-state index is 13.7. The van der Waals surface area contributed by atoms with Crippen molar-refractivity contribution in [2.24, 2.45) is 0 Å². The Morgan fingerprint density at radius 1 is 1.00 bits per heavy atom. The minimum Gasteiger partial charge on any atom is -0.383 e. The van der Waals surface area contributed by atoms with E-state index in [1.807, 2.05) is 43.0 Å². The molecule has 0 saturated carbocycles. The van der Waals surface area contributed by atoms with Gasteiger partial charge >= 0.3 is 6.03 Å². The number of methoxy groups -OCH3 is 1. The number of urea groups is 1. The van der Waals surface area contributed by atoms with Crippen LogP contribution in [0.1, 0.15) is 34.0 Å². The number of aryl methyl sites for hydroxylation is 3. The van der Waals surface area contributed by atoms with Crippen molar-refractivity contribution in [2.75, 3.05) is 38.7 Å². The Labute approximate surface area is 207 Å². The van der Waals surface area contributed by atoms with Gasteiger partial charge in [0.2, 0.25) is 5.91 Å². The molecule has 4 rings (SSSR count). The first-order valence-electron chi connectivity index (χ1n) is 12.0. The number of hydrogen-bond donors (Lipinski definition) is 1. The molecule has 3 aromatic rings. The van der Waals surface area contributed by atoms with E-state index in [1.165, 1.54) is 10.5 Å². The third kappa shape index (κ3) is 5.41. The van der Waals surface area contributed by atoms with E-state index in [0.29, 0.717) is 19.7 Å². The summed E-state index contributed by atoms with van der Waals surface area (Å²) in [5.41, 5.74) is 6.05. The normalized spacial score (nSPS) is 15.0. The highest BCUT2D eigenvalue weighted by molar-refractivity contribution is 5.93. The summed E-state index contributed by atoms with van der Waals surface area (Å²) in [5.74, 6) is -0.0872. The molecule has 0 radical (unpaired) electrons. The molecule has 0 saturated heterocycles. The zero-order chi connectivity index (χ0) is 24.9. The number of nitrogens with zero attached hydrogens (tertiary/aromatic N) is 3. The van der Waals surface area contributed by atoms with Crippen molar-refractivity contribution >= 4 is 17.6 Å². The van der Waals surface area contributed by atoms with Gasteiger partial charge in [-0.05, 0) is 49.6 Å². The second-order valence-corrected chi connectivity index (χ2v) is 9.14. The van der Waals surface area contributed by atoms with Crippen molar-refractivity contribution in [3.05, 3.63) is 88.7 Å². The molecule has 1 atom stereocenters. The third-order valence-electron chi connectivity index (χ3n) is 6.64. The number of aromatic nitrogens is 1. The first kappa shape index (κ1) is 24.5. The van der Waals surface area contributed by atoms with Gasteiger partial charge in [0.1, 0.15) is 6.54 Å². The number of anilines is 1. The summed E-state index contributed by atoms with van der Waals surface area (Å²) in [6, 6.07) is 17.8. The standard InChI is InChI=1S/C28H34N4O3/c1-20-10-12-23(13-11-20)27-24-9-6-14-30(24)15-16-32(27)25(33)19-31(17-18-35-4)28(34)29-26-21(2)7-5-8-22(26)3/h5-14,27H,15-19H2,1-4H3,(H,29,34). The number of carbonyl (C=O) groups is 2. The molecule has 0 spiro atoms. The molecule has 35 heavy (non-hydrogen) atoms. The summed E-state index contributed by atoms with van der Waals surface area (Å²) >= 11 is 0. The molecule has 7 nitrogen and oxygen atoms in total. The molecular weight excluding hydrogens is 440 g/mol. The molecule has 7 heteroatoms. The Balaban J connectivity index is 1.57. The van der Waals surface area contributed by atoms with E-state index in [9.17, 15) is 9.59 Å². The highest BCUT2D eigenvalue weighted by Crippen LogP contribution is 2.32. The average Bonchev–Trinajstić information content (AvgIpc) is 3.33. The SMILES string of the molecule is COCCN(CC(=O)N1CCn2cccc2C1c1ccc(C)cc1)C(=O)Nc1c(C)cccc1C. The number of hydrogen-bond acceptors (Lipinski definition) is 3. The van der Waals surface area contributed by atoms with Gasteiger partial charge in [0.25, 0.3) is 0 Å². The topological polar surface area (TPSA) is 66.8 Å². The van der Waals surface area contributed by atoms with Gasteiger partial charge in [0.15, 0.2) is 0 Å². The maximum atomic E-state index is 13.7. The minimum atomic E-state index is -0.305. The molecule has 184 valence electrons. The first-order chi connectivity index (χ1) is 16.9.